The molecule has 3 nitrogen and oxygen atoms in total. The van der Waals surface area contributed by atoms with E-state index in [1.54, 1.807) is 11.8 Å². The van der Waals surface area contributed by atoms with Gasteiger partial charge in [-0.3, -0.25) is 0 Å². The van der Waals surface area contributed by atoms with Gasteiger partial charge in [-0.25, -0.2) is 0 Å². The van der Waals surface area contributed by atoms with Gasteiger partial charge in [0.15, 0.2) is 0 Å². The first-order valence-corrected chi connectivity index (χ1v) is 8.06. The van der Waals surface area contributed by atoms with E-state index in [0.717, 1.165) is 15.3 Å². The monoisotopic (exact) mass is 304 g/mol. The van der Waals surface area contributed by atoms with Gasteiger partial charge in [0.05, 0.1) is 6.61 Å². The molecule has 104 valence electrons. The summed E-state index contributed by atoms with van der Waals surface area (Å²) in [5.41, 5.74) is 7.05. The second-order valence-corrected chi connectivity index (χ2v) is 6.58. The Kier molecular flexibility index (Phi) is 5.62. The smallest absolute Gasteiger partial charge is 0.118 e. The van der Waals surface area contributed by atoms with Gasteiger partial charge in [-0.1, -0.05) is 30.3 Å². The minimum absolute atomic E-state index is 0.0291. The Balaban J connectivity index is 2.21. The van der Waals surface area contributed by atoms with E-state index < -0.39 is 0 Å². The van der Waals surface area contributed by atoms with Crippen LogP contribution >= 0.6 is 23.1 Å². The fourth-order valence-corrected chi connectivity index (χ4v) is 4.09. The van der Waals surface area contributed by atoms with Gasteiger partial charge in [0.1, 0.15) is 10.9 Å². The van der Waals surface area contributed by atoms with Crippen LogP contribution in [0.25, 0.3) is 0 Å². The minimum Gasteiger partial charge on any atom is -0.395 e. The topological polar surface area (TPSA) is 70.0 Å². The number of aliphatic hydroxyl groups is 1. The molecule has 0 radical (unpaired) electrons. The average Bonchev–Trinajstić information content (AvgIpc) is 2.94. The molecule has 1 heterocycles. The molecular formula is C15H16N2OS2. The van der Waals surface area contributed by atoms with Crippen LogP contribution in [0.3, 0.4) is 0 Å². The molecule has 0 aliphatic rings. The molecule has 20 heavy (non-hydrogen) atoms. The van der Waals surface area contributed by atoms with Crippen LogP contribution in [-0.4, -0.2) is 17.8 Å². The van der Waals surface area contributed by atoms with E-state index in [4.69, 9.17) is 11.0 Å². The first-order chi connectivity index (χ1) is 9.74. The summed E-state index contributed by atoms with van der Waals surface area (Å²) in [4.78, 5) is 1.71. The zero-order valence-electron chi connectivity index (χ0n) is 10.9. The van der Waals surface area contributed by atoms with E-state index in [-0.39, 0.29) is 17.9 Å². The third-order valence-corrected chi connectivity index (χ3v) is 5.21. The molecule has 0 bridgehead atoms. The maximum Gasteiger partial charge on any atom is 0.118 e. The Bertz CT molecular complexity index is 577. The molecule has 0 fully saturated rings. The van der Waals surface area contributed by atoms with Crippen LogP contribution in [-0.2, 0) is 0 Å². The summed E-state index contributed by atoms with van der Waals surface area (Å²) in [5, 5.41) is 20.3. The van der Waals surface area contributed by atoms with Crippen LogP contribution in [0, 0.1) is 11.3 Å². The Labute approximate surface area is 127 Å². The van der Waals surface area contributed by atoms with E-state index in [0.29, 0.717) is 6.42 Å². The number of nitriles is 1. The van der Waals surface area contributed by atoms with Gasteiger partial charge in [0.2, 0.25) is 0 Å². The van der Waals surface area contributed by atoms with Gasteiger partial charge >= 0.3 is 0 Å². The maximum absolute atomic E-state index is 9.17. The Morgan fingerprint density at radius 3 is 2.70 bits per heavy atom. The highest BCUT2D eigenvalue weighted by atomic mass is 32.2. The summed E-state index contributed by atoms with van der Waals surface area (Å²) in [7, 11) is 0. The Morgan fingerprint density at radius 1 is 1.30 bits per heavy atom. The van der Waals surface area contributed by atoms with Gasteiger partial charge < -0.3 is 10.8 Å². The molecule has 2 aromatic rings. The van der Waals surface area contributed by atoms with Crippen molar-refractivity contribution in [1.82, 2.24) is 0 Å². The van der Waals surface area contributed by atoms with Crippen molar-refractivity contribution >= 4 is 23.1 Å². The molecule has 3 N–H and O–H groups in total. The molecule has 0 amide bonds. The number of nitrogens with two attached hydrogens (primary N) is 1. The summed E-state index contributed by atoms with van der Waals surface area (Å²) in [5.74, 6) is 0. The van der Waals surface area contributed by atoms with Crippen molar-refractivity contribution in [3.63, 3.8) is 0 Å². The fraction of sp³-hybridized carbons (Fsp3) is 0.267. The largest absolute Gasteiger partial charge is 0.395 e. The van der Waals surface area contributed by atoms with E-state index in [2.05, 4.69) is 18.2 Å². The van der Waals surface area contributed by atoms with Crippen LogP contribution in [0.2, 0.25) is 0 Å². The molecule has 0 saturated carbocycles. The van der Waals surface area contributed by atoms with Gasteiger partial charge in [0, 0.05) is 16.2 Å². The van der Waals surface area contributed by atoms with Crippen LogP contribution in [0.1, 0.15) is 22.1 Å². The van der Waals surface area contributed by atoms with Crippen LogP contribution in [0.15, 0.2) is 46.7 Å². The van der Waals surface area contributed by atoms with Gasteiger partial charge in [-0.15, -0.1) is 23.1 Å². The third kappa shape index (κ3) is 3.84. The van der Waals surface area contributed by atoms with E-state index in [1.165, 1.54) is 11.3 Å². The van der Waals surface area contributed by atoms with E-state index in [1.807, 2.05) is 29.6 Å². The lowest BCUT2D eigenvalue weighted by Crippen LogP contribution is -2.26. The summed E-state index contributed by atoms with van der Waals surface area (Å²) < 4.78 is 0. The van der Waals surface area contributed by atoms with Gasteiger partial charge in [0.25, 0.3) is 0 Å². The molecule has 5 heteroatoms. The first-order valence-electron chi connectivity index (χ1n) is 6.30. The van der Waals surface area contributed by atoms with Crippen LogP contribution in [0.5, 0.6) is 0 Å². The molecule has 2 rings (SSSR count). The molecule has 0 aliphatic heterocycles. The maximum atomic E-state index is 9.17. The van der Waals surface area contributed by atoms with Crippen molar-refractivity contribution in [1.29, 1.82) is 5.26 Å². The quantitative estimate of drug-likeness (QED) is 0.804. The normalized spacial score (nSPS) is 13.7. The van der Waals surface area contributed by atoms with Crippen molar-refractivity contribution in [3.8, 4) is 6.07 Å². The molecule has 1 aromatic carbocycles. The lowest BCUT2D eigenvalue weighted by Gasteiger charge is -2.19. The summed E-state index contributed by atoms with van der Waals surface area (Å²) in [6.07, 6.45) is 0.673. The van der Waals surface area contributed by atoms with Gasteiger partial charge in [-0.05, 0) is 23.4 Å². The van der Waals surface area contributed by atoms with E-state index >= 15 is 0 Å². The Hall–Kier alpha value is -1.32. The molecule has 2 atom stereocenters. The lowest BCUT2D eigenvalue weighted by atomic mass is 10.1. The lowest BCUT2D eigenvalue weighted by molar-refractivity contribution is 0.259. The van der Waals surface area contributed by atoms with Crippen molar-refractivity contribution in [2.45, 2.75) is 22.6 Å². The number of rotatable bonds is 6. The SMILES string of the molecule is N#Cc1sccc1SC(CC(N)CO)c1ccccc1. The number of thiophene rings is 1. The number of aliphatic hydroxyl groups excluding tert-OH is 1. The Morgan fingerprint density at radius 2 is 2.05 bits per heavy atom. The molecule has 2 unspecified atom stereocenters. The molecule has 0 saturated heterocycles. The molecular weight excluding hydrogens is 288 g/mol. The molecule has 0 spiro atoms. The van der Waals surface area contributed by atoms with E-state index in [9.17, 15) is 5.11 Å². The minimum atomic E-state index is -0.253. The highest BCUT2D eigenvalue weighted by Gasteiger charge is 2.18. The van der Waals surface area contributed by atoms with Crippen molar-refractivity contribution < 1.29 is 5.11 Å². The standard InChI is InChI=1S/C15H16N2OS2/c16-9-15-13(6-7-19-15)20-14(8-12(17)10-18)11-4-2-1-3-5-11/h1-7,12,14,18H,8,10,17H2. The number of benzene rings is 1. The number of nitrogens with zero attached hydrogens (tertiary/aromatic N) is 1. The summed E-state index contributed by atoms with van der Waals surface area (Å²) in [6, 6.07) is 14.0. The first kappa shape index (κ1) is 15.1. The van der Waals surface area contributed by atoms with Crippen LogP contribution in [0.4, 0.5) is 0 Å². The highest BCUT2D eigenvalue weighted by Crippen LogP contribution is 2.41. The predicted molar refractivity (Wildman–Crippen MR) is 83.8 cm³/mol. The van der Waals surface area contributed by atoms with Gasteiger partial charge in [-0.2, -0.15) is 5.26 Å². The predicted octanol–water partition coefficient (Wildman–Crippen LogP) is 3.16. The van der Waals surface area contributed by atoms with Crippen molar-refractivity contribution in [2.75, 3.05) is 6.61 Å². The van der Waals surface area contributed by atoms with Crippen molar-refractivity contribution in [3.05, 3.63) is 52.2 Å². The summed E-state index contributed by atoms with van der Waals surface area (Å²) >= 11 is 3.09. The second kappa shape index (κ2) is 7.46. The summed E-state index contributed by atoms with van der Waals surface area (Å²) in [6.45, 7) is -0.0291. The zero-order chi connectivity index (χ0) is 14.4. The number of thioether (sulfide) groups is 1. The number of hydrogen-bond acceptors (Lipinski definition) is 5. The molecule has 1 aromatic heterocycles. The van der Waals surface area contributed by atoms with Crippen LogP contribution < -0.4 is 5.73 Å². The number of hydrogen-bond donors (Lipinski definition) is 2. The van der Waals surface area contributed by atoms with Crippen molar-refractivity contribution in [2.24, 2.45) is 5.73 Å². The second-order valence-electron chi connectivity index (χ2n) is 4.42. The zero-order valence-corrected chi connectivity index (χ0v) is 12.5. The fourth-order valence-electron chi connectivity index (χ4n) is 1.89. The average molecular weight is 304 g/mol. The third-order valence-electron chi connectivity index (χ3n) is 2.92. The highest BCUT2D eigenvalue weighted by molar-refractivity contribution is 7.99. The molecule has 0 aliphatic carbocycles.